The Hall–Kier alpha value is -0.860. The van der Waals surface area contributed by atoms with Gasteiger partial charge >= 0.3 is 0 Å². The van der Waals surface area contributed by atoms with E-state index in [1.807, 2.05) is 0 Å². The van der Waals surface area contributed by atoms with Gasteiger partial charge in [0.15, 0.2) is 0 Å². The lowest BCUT2D eigenvalue weighted by Gasteiger charge is -2.38. The molecule has 2 aliphatic rings. The van der Waals surface area contributed by atoms with Crippen LogP contribution in [0.4, 0.5) is 0 Å². The monoisotopic (exact) mass is 203 g/mol. The van der Waals surface area contributed by atoms with E-state index in [4.69, 9.17) is 4.74 Å². The van der Waals surface area contributed by atoms with E-state index in [0.29, 0.717) is 6.10 Å². The van der Waals surface area contributed by atoms with Crippen molar-refractivity contribution in [3.63, 3.8) is 0 Å². The van der Waals surface area contributed by atoms with Crippen LogP contribution in [0.2, 0.25) is 0 Å². The molecular weight excluding hydrogens is 186 g/mol. The van der Waals surface area contributed by atoms with E-state index < -0.39 is 0 Å². The molecule has 1 unspecified atom stereocenters. The molecule has 0 amide bonds. The average Bonchev–Trinajstić information content (AvgIpc) is 2.54. The number of fused-ring (bicyclic) bond motifs is 1. The van der Waals surface area contributed by atoms with Crippen molar-refractivity contribution >= 4 is 0 Å². The molecule has 1 heterocycles. The van der Waals surface area contributed by atoms with Gasteiger partial charge in [0.2, 0.25) is 0 Å². The van der Waals surface area contributed by atoms with Crippen LogP contribution in [0.15, 0.2) is 24.3 Å². The molecule has 1 N–H and O–H groups in total. The van der Waals surface area contributed by atoms with Crippen LogP contribution >= 0.6 is 0 Å². The van der Waals surface area contributed by atoms with Crippen LogP contribution in [-0.2, 0) is 17.6 Å². The third kappa shape index (κ3) is 1.58. The van der Waals surface area contributed by atoms with Gasteiger partial charge in [0.1, 0.15) is 0 Å². The molecule has 1 aromatic rings. The first-order valence-electron chi connectivity index (χ1n) is 5.73. The Morgan fingerprint density at radius 3 is 2.53 bits per heavy atom. The first-order chi connectivity index (χ1) is 7.27. The maximum atomic E-state index is 6.15. The Labute approximate surface area is 90.6 Å². The van der Waals surface area contributed by atoms with E-state index >= 15 is 0 Å². The number of morpholine rings is 1. The molecule has 1 fully saturated rings. The largest absolute Gasteiger partial charge is 0.369 e. The zero-order valence-corrected chi connectivity index (χ0v) is 9.12. The van der Waals surface area contributed by atoms with Gasteiger partial charge in [-0.3, -0.25) is 0 Å². The molecule has 1 aliphatic carbocycles. The summed E-state index contributed by atoms with van der Waals surface area (Å²) in [6.07, 6.45) is 2.48. The van der Waals surface area contributed by atoms with Gasteiger partial charge in [0, 0.05) is 25.9 Å². The first kappa shape index (κ1) is 9.37. The summed E-state index contributed by atoms with van der Waals surface area (Å²) in [5.74, 6) is 0. The van der Waals surface area contributed by atoms with E-state index in [1.165, 1.54) is 11.1 Å². The van der Waals surface area contributed by atoms with Crippen molar-refractivity contribution < 1.29 is 4.74 Å². The van der Waals surface area contributed by atoms with Crippen molar-refractivity contribution in [3.05, 3.63) is 35.4 Å². The SMILES string of the molecule is CC1CNCC2(Cc3ccccc3C2)O1. The summed E-state index contributed by atoms with van der Waals surface area (Å²) in [5, 5.41) is 3.48. The van der Waals surface area contributed by atoms with E-state index in [2.05, 4.69) is 36.5 Å². The van der Waals surface area contributed by atoms with Crippen molar-refractivity contribution in [3.8, 4) is 0 Å². The van der Waals surface area contributed by atoms with Gasteiger partial charge in [0.25, 0.3) is 0 Å². The molecule has 80 valence electrons. The number of benzene rings is 1. The number of ether oxygens (including phenoxy) is 1. The minimum absolute atomic E-state index is 0.0430. The molecule has 1 saturated heterocycles. The Kier molecular flexibility index (Phi) is 2.08. The molecule has 0 bridgehead atoms. The number of nitrogens with one attached hydrogen (secondary N) is 1. The quantitative estimate of drug-likeness (QED) is 0.690. The number of rotatable bonds is 0. The van der Waals surface area contributed by atoms with Crippen molar-refractivity contribution in [2.24, 2.45) is 0 Å². The second kappa shape index (κ2) is 3.32. The Morgan fingerprint density at radius 1 is 1.27 bits per heavy atom. The van der Waals surface area contributed by atoms with Crippen LogP contribution in [0.5, 0.6) is 0 Å². The second-order valence-corrected chi connectivity index (χ2v) is 4.86. The second-order valence-electron chi connectivity index (χ2n) is 4.86. The molecule has 2 heteroatoms. The van der Waals surface area contributed by atoms with Crippen molar-refractivity contribution in [1.82, 2.24) is 5.32 Å². The van der Waals surface area contributed by atoms with E-state index in [0.717, 1.165) is 25.9 Å². The van der Waals surface area contributed by atoms with Gasteiger partial charge in [-0.2, -0.15) is 0 Å². The highest BCUT2D eigenvalue weighted by molar-refractivity contribution is 5.35. The van der Waals surface area contributed by atoms with Crippen LogP contribution in [0, 0.1) is 0 Å². The first-order valence-corrected chi connectivity index (χ1v) is 5.73. The van der Waals surface area contributed by atoms with Crippen LogP contribution in [0.25, 0.3) is 0 Å². The number of hydrogen-bond acceptors (Lipinski definition) is 2. The molecule has 1 spiro atoms. The summed E-state index contributed by atoms with van der Waals surface area (Å²) in [6.45, 7) is 4.13. The third-order valence-corrected chi connectivity index (χ3v) is 3.47. The summed E-state index contributed by atoms with van der Waals surface area (Å²) >= 11 is 0. The van der Waals surface area contributed by atoms with Crippen LogP contribution < -0.4 is 5.32 Å². The van der Waals surface area contributed by atoms with Crippen LogP contribution in [-0.4, -0.2) is 24.8 Å². The zero-order valence-electron chi connectivity index (χ0n) is 9.12. The smallest absolute Gasteiger partial charge is 0.0890 e. The predicted molar refractivity (Wildman–Crippen MR) is 60.0 cm³/mol. The van der Waals surface area contributed by atoms with Gasteiger partial charge in [-0.1, -0.05) is 24.3 Å². The molecule has 3 rings (SSSR count). The Morgan fingerprint density at radius 2 is 1.93 bits per heavy atom. The van der Waals surface area contributed by atoms with Crippen molar-refractivity contribution in [1.29, 1.82) is 0 Å². The summed E-state index contributed by atoms with van der Waals surface area (Å²) < 4.78 is 6.15. The highest BCUT2D eigenvalue weighted by Gasteiger charge is 2.41. The minimum Gasteiger partial charge on any atom is -0.369 e. The molecule has 1 aromatic carbocycles. The van der Waals surface area contributed by atoms with Crippen molar-refractivity contribution in [2.45, 2.75) is 31.5 Å². The summed E-state index contributed by atoms with van der Waals surface area (Å²) in [6, 6.07) is 8.70. The topological polar surface area (TPSA) is 21.3 Å². The maximum absolute atomic E-state index is 6.15. The normalized spacial score (nSPS) is 27.9. The van der Waals surface area contributed by atoms with Gasteiger partial charge in [-0.15, -0.1) is 0 Å². The van der Waals surface area contributed by atoms with Crippen LogP contribution in [0.3, 0.4) is 0 Å². The minimum atomic E-state index is 0.0430. The Bertz CT molecular complexity index is 350. The lowest BCUT2D eigenvalue weighted by Crippen LogP contribution is -2.53. The molecular formula is C13H17NO. The summed E-state index contributed by atoms with van der Waals surface area (Å²) in [7, 11) is 0. The molecule has 15 heavy (non-hydrogen) atoms. The third-order valence-electron chi connectivity index (χ3n) is 3.47. The lowest BCUT2D eigenvalue weighted by atomic mass is 9.98. The van der Waals surface area contributed by atoms with E-state index in [1.54, 1.807) is 0 Å². The van der Waals surface area contributed by atoms with E-state index in [9.17, 15) is 0 Å². The summed E-state index contributed by atoms with van der Waals surface area (Å²) in [4.78, 5) is 0. The van der Waals surface area contributed by atoms with Gasteiger partial charge in [0.05, 0.1) is 11.7 Å². The fourth-order valence-corrected chi connectivity index (χ4v) is 2.88. The predicted octanol–water partition coefficient (Wildman–Crippen LogP) is 1.53. The maximum Gasteiger partial charge on any atom is 0.0890 e. The molecule has 0 saturated carbocycles. The highest BCUT2D eigenvalue weighted by Crippen LogP contribution is 2.34. The fourth-order valence-electron chi connectivity index (χ4n) is 2.88. The fraction of sp³-hybridized carbons (Fsp3) is 0.538. The van der Waals surface area contributed by atoms with E-state index in [-0.39, 0.29) is 5.60 Å². The van der Waals surface area contributed by atoms with Gasteiger partial charge in [-0.25, -0.2) is 0 Å². The highest BCUT2D eigenvalue weighted by atomic mass is 16.5. The Balaban J connectivity index is 1.87. The molecule has 1 atom stereocenters. The molecule has 0 radical (unpaired) electrons. The van der Waals surface area contributed by atoms with Crippen LogP contribution in [0.1, 0.15) is 18.1 Å². The number of hydrogen-bond donors (Lipinski definition) is 1. The van der Waals surface area contributed by atoms with Gasteiger partial charge < -0.3 is 10.1 Å². The molecule has 1 aliphatic heterocycles. The average molecular weight is 203 g/mol. The van der Waals surface area contributed by atoms with Crippen molar-refractivity contribution in [2.75, 3.05) is 13.1 Å². The molecule has 0 aromatic heterocycles. The summed E-state index contributed by atoms with van der Waals surface area (Å²) in [5.41, 5.74) is 2.98. The standard InChI is InChI=1S/C13H17NO/c1-10-8-14-9-13(15-10)6-11-4-2-3-5-12(11)7-13/h2-5,10,14H,6-9H2,1H3. The molecule has 2 nitrogen and oxygen atoms in total. The zero-order chi connectivity index (χ0) is 10.3. The lowest BCUT2D eigenvalue weighted by molar-refractivity contribution is -0.102. The van der Waals surface area contributed by atoms with Gasteiger partial charge in [-0.05, 0) is 18.1 Å².